The van der Waals surface area contributed by atoms with Crippen LogP contribution in [0.2, 0.25) is 0 Å². The van der Waals surface area contributed by atoms with Gasteiger partial charge in [-0.25, -0.2) is 4.79 Å². The third-order valence-corrected chi connectivity index (χ3v) is 3.47. The first kappa shape index (κ1) is 14.4. The van der Waals surface area contributed by atoms with E-state index in [2.05, 4.69) is 0 Å². The molecule has 1 aliphatic heterocycles. The SMILES string of the molecule is O=C(O)CCN(C(=O)N1CCCCC1)c1ccccc1. The summed E-state index contributed by atoms with van der Waals surface area (Å²) in [5, 5.41) is 8.85. The maximum Gasteiger partial charge on any atom is 0.324 e. The molecule has 1 aliphatic rings. The van der Waals surface area contributed by atoms with Crippen LogP contribution in [0, 0.1) is 0 Å². The number of nitrogens with zero attached hydrogens (tertiary/aromatic N) is 2. The molecule has 20 heavy (non-hydrogen) atoms. The molecule has 1 N–H and O–H groups in total. The summed E-state index contributed by atoms with van der Waals surface area (Å²) in [6, 6.07) is 9.17. The highest BCUT2D eigenvalue weighted by atomic mass is 16.4. The molecule has 0 atom stereocenters. The zero-order valence-corrected chi connectivity index (χ0v) is 11.5. The Labute approximate surface area is 118 Å². The summed E-state index contributed by atoms with van der Waals surface area (Å²) in [5.74, 6) is -0.891. The van der Waals surface area contributed by atoms with Gasteiger partial charge in [-0.1, -0.05) is 18.2 Å². The number of likely N-dealkylation sites (tertiary alicyclic amines) is 1. The maximum absolute atomic E-state index is 12.6. The van der Waals surface area contributed by atoms with Crippen LogP contribution in [0.5, 0.6) is 0 Å². The molecule has 0 spiro atoms. The zero-order chi connectivity index (χ0) is 14.4. The second-order valence-corrected chi connectivity index (χ2v) is 4.96. The van der Waals surface area contributed by atoms with Gasteiger partial charge < -0.3 is 10.0 Å². The molecule has 2 rings (SSSR count). The Morgan fingerprint density at radius 1 is 1.10 bits per heavy atom. The molecule has 5 heteroatoms. The van der Waals surface area contributed by atoms with Crippen LogP contribution in [0.15, 0.2) is 30.3 Å². The molecule has 1 fully saturated rings. The van der Waals surface area contributed by atoms with Crippen molar-refractivity contribution in [2.45, 2.75) is 25.7 Å². The molecule has 0 bridgehead atoms. The fourth-order valence-electron chi connectivity index (χ4n) is 2.41. The van der Waals surface area contributed by atoms with E-state index in [1.165, 1.54) is 0 Å². The Morgan fingerprint density at radius 3 is 2.35 bits per heavy atom. The Hall–Kier alpha value is -2.04. The van der Waals surface area contributed by atoms with Crippen molar-refractivity contribution in [3.63, 3.8) is 0 Å². The number of hydrogen-bond donors (Lipinski definition) is 1. The number of benzene rings is 1. The number of rotatable bonds is 4. The molecule has 1 heterocycles. The Bertz CT molecular complexity index is 455. The number of urea groups is 1. The maximum atomic E-state index is 12.6. The number of carboxylic acid groups (broad SMARTS) is 1. The topological polar surface area (TPSA) is 60.9 Å². The number of piperidine rings is 1. The Morgan fingerprint density at radius 2 is 1.75 bits per heavy atom. The van der Waals surface area contributed by atoms with Gasteiger partial charge in [0.2, 0.25) is 0 Å². The minimum atomic E-state index is -0.891. The fraction of sp³-hybridized carbons (Fsp3) is 0.467. The van der Waals surface area contributed by atoms with E-state index in [-0.39, 0.29) is 19.0 Å². The van der Waals surface area contributed by atoms with E-state index in [0.717, 1.165) is 38.0 Å². The van der Waals surface area contributed by atoms with Crippen molar-refractivity contribution >= 4 is 17.7 Å². The predicted octanol–water partition coefficient (Wildman–Crippen LogP) is 2.57. The molecular weight excluding hydrogens is 256 g/mol. The van der Waals surface area contributed by atoms with Crippen molar-refractivity contribution in [1.29, 1.82) is 0 Å². The van der Waals surface area contributed by atoms with E-state index >= 15 is 0 Å². The van der Waals surface area contributed by atoms with Crippen LogP contribution < -0.4 is 4.90 Å². The average Bonchev–Trinajstić information content (AvgIpc) is 2.49. The molecule has 0 saturated carbocycles. The van der Waals surface area contributed by atoms with Crippen molar-refractivity contribution in [3.8, 4) is 0 Å². The third kappa shape index (κ3) is 3.73. The Balaban J connectivity index is 2.12. The summed E-state index contributed by atoms with van der Waals surface area (Å²) in [5.41, 5.74) is 0.754. The smallest absolute Gasteiger partial charge is 0.324 e. The quantitative estimate of drug-likeness (QED) is 0.919. The second kappa shape index (κ2) is 6.93. The van der Waals surface area contributed by atoms with E-state index in [1.807, 2.05) is 35.2 Å². The van der Waals surface area contributed by atoms with Crippen LogP contribution >= 0.6 is 0 Å². The molecule has 0 aliphatic carbocycles. The number of hydrogen-bond acceptors (Lipinski definition) is 2. The number of carbonyl (C=O) groups is 2. The summed E-state index contributed by atoms with van der Waals surface area (Å²) in [6.45, 7) is 1.72. The van der Waals surface area contributed by atoms with Crippen molar-refractivity contribution in [2.75, 3.05) is 24.5 Å². The van der Waals surface area contributed by atoms with Crippen LogP contribution in [-0.4, -0.2) is 41.6 Å². The lowest BCUT2D eigenvalue weighted by Crippen LogP contribution is -2.46. The lowest BCUT2D eigenvalue weighted by molar-refractivity contribution is -0.136. The first-order chi connectivity index (χ1) is 9.68. The minimum Gasteiger partial charge on any atom is -0.481 e. The zero-order valence-electron chi connectivity index (χ0n) is 11.5. The van der Waals surface area contributed by atoms with E-state index in [9.17, 15) is 9.59 Å². The van der Waals surface area contributed by atoms with Gasteiger partial charge in [-0.3, -0.25) is 9.69 Å². The molecule has 108 valence electrons. The van der Waals surface area contributed by atoms with Gasteiger partial charge in [0.1, 0.15) is 0 Å². The highest BCUT2D eigenvalue weighted by Gasteiger charge is 2.24. The lowest BCUT2D eigenvalue weighted by atomic mass is 10.1. The molecular formula is C15H20N2O3. The van der Waals surface area contributed by atoms with Crippen LogP contribution in [0.25, 0.3) is 0 Å². The molecule has 1 aromatic rings. The van der Waals surface area contributed by atoms with E-state index < -0.39 is 5.97 Å². The number of anilines is 1. The summed E-state index contributed by atoms with van der Waals surface area (Å²) < 4.78 is 0. The number of carboxylic acids is 1. The van der Waals surface area contributed by atoms with Gasteiger partial charge in [-0.2, -0.15) is 0 Å². The van der Waals surface area contributed by atoms with Gasteiger partial charge in [0.05, 0.1) is 6.42 Å². The van der Waals surface area contributed by atoms with Crippen molar-refractivity contribution < 1.29 is 14.7 Å². The van der Waals surface area contributed by atoms with Gasteiger partial charge in [-0.15, -0.1) is 0 Å². The monoisotopic (exact) mass is 276 g/mol. The summed E-state index contributed by atoms with van der Waals surface area (Å²) in [6.07, 6.45) is 3.15. The molecule has 0 unspecified atom stereocenters. The third-order valence-electron chi connectivity index (χ3n) is 3.47. The normalized spacial score (nSPS) is 14.9. The standard InChI is InChI=1S/C15H20N2O3/c18-14(19)9-12-17(13-7-3-1-4-8-13)15(20)16-10-5-2-6-11-16/h1,3-4,7-8H,2,5-6,9-12H2,(H,18,19). The largest absolute Gasteiger partial charge is 0.481 e. The first-order valence-electron chi connectivity index (χ1n) is 7.02. The van der Waals surface area contributed by atoms with E-state index in [0.29, 0.717) is 0 Å². The highest BCUT2D eigenvalue weighted by Crippen LogP contribution is 2.18. The summed E-state index contributed by atoms with van der Waals surface area (Å²) in [4.78, 5) is 26.7. The first-order valence-corrected chi connectivity index (χ1v) is 7.02. The molecule has 2 amide bonds. The van der Waals surface area contributed by atoms with E-state index in [4.69, 9.17) is 5.11 Å². The van der Waals surface area contributed by atoms with Gasteiger partial charge in [0.25, 0.3) is 0 Å². The van der Waals surface area contributed by atoms with Crippen LogP contribution in [0.4, 0.5) is 10.5 Å². The average molecular weight is 276 g/mol. The van der Waals surface area contributed by atoms with Gasteiger partial charge >= 0.3 is 12.0 Å². The summed E-state index contributed by atoms with van der Waals surface area (Å²) >= 11 is 0. The van der Waals surface area contributed by atoms with Crippen LogP contribution in [-0.2, 0) is 4.79 Å². The number of para-hydroxylation sites is 1. The van der Waals surface area contributed by atoms with Crippen LogP contribution in [0.3, 0.4) is 0 Å². The highest BCUT2D eigenvalue weighted by molar-refractivity contribution is 5.92. The predicted molar refractivity (Wildman–Crippen MR) is 76.9 cm³/mol. The molecule has 0 aromatic heterocycles. The van der Waals surface area contributed by atoms with Crippen LogP contribution in [0.1, 0.15) is 25.7 Å². The van der Waals surface area contributed by atoms with Gasteiger partial charge in [0.15, 0.2) is 0 Å². The second-order valence-electron chi connectivity index (χ2n) is 4.96. The van der Waals surface area contributed by atoms with E-state index in [1.54, 1.807) is 4.90 Å². The molecule has 1 aromatic carbocycles. The molecule has 1 saturated heterocycles. The molecule has 5 nitrogen and oxygen atoms in total. The number of aliphatic carboxylic acids is 1. The van der Waals surface area contributed by atoms with Crippen molar-refractivity contribution in [2.24, 2.45) is 0 Å². The summed E-state index contributed by atoms with van der Waals surface area (Å²) in [7, 11) is 0. The van der Waals surface area contributed by atoms with Crippen molar-refractivity contribution in [1.82, 2.24) is 4.90 Å². The number of carbonyl (C=O) groups excluding carboxylic acids is 1. The Kier molecular flexibility index (Phi) is 4.98. The lowest BCUT2D eigenvalue weighted by Gasteiger charge is -2.32. The number of amides is 2. The molecule has 0 radical (unpaired) electrons. The van der Waals surface area contributed by atoms with Gasteiger partial charge in [0, 0.05) is 25.3 Å². The fourth-order valence-corrected chi connectivity index (χ4v) is 2.41. The van der Waals surface area contributed by atoms with Crippen molar-refractivity contribution in [3.05, 3.63) is 30.3 Å². The minimum absolute atomic E-state index is 0.0471. The van der Waals surface area contributed by atoms with Gasteiger partial charge in [-0.05, 0) is 31.4 Å².